The first-order valence-corrected chi connectivity index (χ1v) is 12.1. The lowest BCUT2D eigenvalue weighted by Gasteiger charge is -2.24. The molecule has 0 aliphatic heterocycles. The van der Waals surface area contributed by atoms with Crippen LogP contribution in [0.25, 0.3) is 17.2 Å². The third-order valence-corrected chi connectivity index (χ3v) is 6.09. The minimum absolute atomic E-state index is 0.103. The van der Waals surface area contributed by atoms with Gasteiger partial charge in [0.15, 0.2) is 5.78 Å². The van der Waals surface area contributed by atoms with Crippen molar-refractivity contribution in [1.82, 2.24) is 4.98 Å². The summed E-state index contributed by atoms with van der Waals surface area (Å²) in [5, 5.41) is 0.380. The summed E-state index contributed by atoms with van der Waals surface area (Å²) in [6.45, 7) is 0.315. The summed E-state index contributed by atoms with van der Waals surface area (Å²) in [7, 11) is 3.98. The number of hydrogen-bond donors (Lipinski definition) is 0. The van der Waals surface area contributed by atoms with Gasteiger partial charge in [-0.2, -0.15) is 0 Å². The van der Waals surface area contributed by atoms with Gasteiger partial charge in [-0.25, -0.2) is 0 Å². The molecule has 0 radical (unpaired) electrons. The number of anilines is 2. The standard InChI is InChI=1S/C31H28ClN3O2/c1-22(36)9-10-23-17-29(20-33-19-23)35(31(37)25-7-5-4-6-8-25)21-27-12-11-26(18-30(27)32)24-13-15-28(16-14-24)34(2)3/h4-20H,21H2,1-3H3/b10-9+/i21D. The summed E-state index contributed by atoms with van der Waals surface area (Å²) in [6, 6.07) is 24.1. The normalized spacial score (nSPS) is 12.2. The molecule has 0 saturated carbocycles. The Morgan fingerprint density at radius 3 is 2.27 bits per heavy atom. The van der Waals surface area contributed by atoms with Gasteiger partial charge in [0.2, 0.25) is 0 Å². The van der Waals surface area contributed by atoms with E-state index in [0.29, 0.717) is 27.4 Å². The molecule has 4 aromatic rings. The van der Waals surface area contributed by atoms with Crippen LogP contribution in [0.1, 0.15) is 29.8 Å². The summed E-state index contributed by atoms with van der Waals surface area (Å²) in [6.07, 6.45) is 6.19. The molecule has 0 aliphatic rings. The van der Waals surface area contributed by atoms with Gasteiger partial charge in [-0.15, -0.1) is 0 Å². The first-order valence-electron chi connectivity index (χ1n) is 12.3. The fourth-order valence-electron chi connectivity index (χ4n) is 3.75. The number of hydrogen-bond acceptors (Lipinski definition) is 4. The monoisotopic (exact) mass is 510 g/mol. The molecule has 1 aromatic heterocycles. The van der Waals surface area contributed by atoms with Crippen LogP contribution in [0.3, 0.4) is 0 Å². The maximum Gasteiger partial charge on any atom is 0.258 e. The Bertz CT molecular complexity index is 1470. The quantitative estimate of drug-likeness (QED) is 0.241. The summed E-state index contributed by atoms with van der Waals surface area (Å²) < 4.78 is 9.13. The van der Waals surface area contributed by atoms with Gasteiger partial charge in [0.1, 0.15) is 0 Å². The number of amides is 1. The second kappa shape index (κ2) is 11.7. The summed E-state index contributed by atoms with van der Waals surface area (Å²) >= 11 is 6.72. The van der Waals surface area contributed by atoms with Crippen LogP contribution >= 0.6 is 11.6 Å². The number of aromatic nitrogens is 1. The van der Waals surface area contributed by atoms with Gasteiger partial charge in [0.05, 0.1) is 19.8 Å². The minimum atomic E-state index is -1.14. The van der Waals surface area contributed by atoms with Crippen LogP contribution in [0.2, 0.25) is 5.02 Å². The second-order valence-electron chi connectivity index (χ2n) is 8.77. The van der Waals surface area contributed by atoms with Crippen LogP contribution in [0, 0.1) is 0 Å². The molecule has 3 aromatic carbocycles. The Morgan fingerprint density at radius 1 is 0.919 bits per heavy atom. The molecule has 37 heavy (non-hydrogen) atoms. The molecule has 1 heterocycles. The predicted molar refractivity (Wildman–Crippen MR) is 152 cm³/mol. The van der Waals surface area contributed by atoms with Crippen LogP contribution < -0.4 is 9.80 Å². The number of pyridine rings is 1. The maximum absolute atomic E-state index is 13.7. The lowest BCUT2D eigenvalue weighted by atomic mass is 10.0. The van der Waals surface area contributed by atoms with Crippen LogP contribution in [-0.4, -0.2) is 30.8 Å². The van der Waals surface area contributed by atoms with E-state index in [-0.39, 0.29) is 11.7 Å². The van der Waals surface area contributed by atoms with Crippen LogP contribution in [0.4, 0.5) is 11.4 Å². The van der Waals surface area contributed by atoms with E-state index in [1.165, 1.54) is 24.1 Å². The van der Waals surface area contributed by atoms with Crippen molar-refractivity contribution in [2.24, 2.45) is 0 Å². The highest BCUT2D eigenvalue weighted by molar-refractivity contribution is 6.31. The number of rotatable bonds is 8. The van der Waals surface area contributed by atoms with Crippen molar-refractivity contribution in [2.75, 3.05) is 23.9 Å². The van der Waals surface area contributed by atoms with Crippen molar-refractivity contribution < 1.29 is 11.0 Å². The second-order valence-corrected chi connectivity index (χ2v) is 9.18. The highest BCUT2D eigenvalue weighted by atomic mass is 35.5. The predicted octanol–water partition coefficient (Wildman–Crippen LogP) is 6.92. The number of carbonyl (C=O) groups excluding carboxylic acids is 2. The van der Waals surface area contributed by atoms with E-state index in [4.69, 9.17) is 13.0 Å². The highest BCUT2D eigenvalue weighted by Crippen LogP contribution is 2.30. The van der Waals surface area contributed by atoms with E-state index in [1.807, 2.05) is 61.5 Å². The topological polar surface area (TPSA) is 53.5 Å². The molecule has 0 spiro atoms. The molecule has 0 saturated heterocycles. The Kier molecular flexibility index (Phi) is 7.72. The van der Waals surface area contributed by atoms with Gasteiger partial charge < -0.3 is 9.80 Å². The first kappa shape index (κ1) is 24.5. The molecule has 1 atom stereocenters. The van der Waals surface area contributed by atoms with E-state index in [2.05, 4.69) is 4.98 Å². The third-order valence-electron chi connectivity index (χ3n) is 5.76. The zero-order chi connectivity index (χ0) is 27.2. The van der Waals surface area contributed by atoms with Crippen molar-refractivity contribution in [2.45, 2.75) is 13.4 Å². The van der Waals surface area contributed by atoms with E-state index < -0.39 is 6.52 Å². The molecule has 0 bridgehead atoms. The molecule has 4 rings (SSSR count). The molecule has 1 amide bonds. The average Bonchev–Trinajstić information content (AvgIpc) is 2.92. The Labute approximate surface area is 224 Å². The van der Waals surface area contributed by atoms with Crippen LogP contribution in [0.5, 0.6) is 0 Å². The lowest BCUT2D eigenvalue weighted by molar-refractivity contribution is -0.112. The Morgan fingerprint density at radius 2 is 1.62 bits per heavy atom. The SMILES string of the molecule is [2H]C(c1ccc(-c2ccc(N(C)C)cc2)cc1Cl)N(C(=O)c1ccccc1)c1cncc(/C=C/C(C)=O)c1. The molecular weight excluding hydrogens is 482 g/mol. The summed E-state index contributed by atoms with van der Waals surface area (Å²) in [5.41, 5.74) is 4.97. The minimum Gasteiger partial charge on any atom is -0.378 e. The number of allylic oxidation sites excluding steroid dienone is 1. The van der Waals surface area contributed by atoms with Gasteiger partial charge in [0, 0.05) is 36.6 Å². The van der Waals surface area contributed by atoms with E-state index in [1.54, 1.807) is 48.7 Å². The molecule has 1 unspecified atom stereocenters. The zero-order valence-corrected chi connectivity index (χ0v) is 21.7. The average molecular weight is 511 g/mol. The molecule has 5 nitrogen and oxygen atoms in total. The van der Waals surface area contributed by atoms with Gasteiger partial charge in [-0.05, 0) is 77.7 Å². The number of halogens is 1. The van der Waals surface area contributed by atoms with Crippen molar-refractivity contribution in [3.8, 4) is 11.1 Å². The van der Waals surface area contributed by atoms with E-state index in [9.17, 15) is 9.59 Å². The maximum atomic E-state index is 13.7. The van der Waals surface area contributed by atoms with Crippen LogP contribution in [0.15, 0.2) is 97.3 Å². The molecule has 0 aliphatic carbocycles. The van der Waals surface area contributed by atoms with Crippen molar-refractivity contribution in [1.29, 1.82) is 0 Å². The lowest BCUT2D eigenvalue weighted by Crippen LogP contribution is -2.30. The van der Waals surface area contributed by atoms with Crippen LogP contribution in [-0.2, 0) is 11.3 Å². The smallest absolute Gasteiger partial charge is 0.258 e. The van der Waals surface area contributed by atoms with Crippen molar-refractivity contribution >= 4 is 40.7 Å². The number of carbonyl (C=O) groups is 2. The zero-order valence-electron chi connectivity index (χ0n) is 21.9. The fraction of sp³-hybridized carbons (Fsp3) is 0.129. The molecular formula is C31H28ClN3O2. The molecule has 0 N–H and O–H groups in total. The molecule has 186 valence electrons. The Balaban J connectivity index is 1.73. The largest absolute Gasteiger partial charge is 0.378 e. The van der Waals surface area contributed by atoms with E-state index >= 15 is 0 Å². The fourth-order valence-corrected chi connectivity index (χ4v) is 3.98. The third kappa shape index (κ3) is 6.51. The van der Waals surface area contributed by atoms with Gasteiger partial charge >= 0.3 is 0 Å². The Hall–Kier alpha value is -4.22. The molecule has 6 heteroatoms. The van der Waals surface area contributed by atoms with E-state index in [0.717, 1.165) is 16.8 Å². The van der Waals surface area contributed by atoms with Gasteiger partial charge in [-0.3, -0.25) is 14.6 Å². The van der Waals surface area contributed by atoms with Crippen molar-refractivity contribution in [3.63, 3.8) is 0 Å². The number of benzene rings is 3. The highest BCUT2D eigenvalue weighted by Gasteiger charge is 2.20. The number of nitrogens with zero attached hydrogens (tertiary/aromatic N) is 3. The first-order chi connectivity index (χ1) is 18.2. The van der Waals surface area contributed by atoms with Gasteiger partial charge in [0.25, 0.3) is 5.91 Å². The number of ketones is 1. The van der Waals surface area contributed by atoms with Crippen molar-refractivity contribution in [3.05, 3.63) is 119 Å². The summed E-state index contributed by atoms with van der Waals surface area (Å²) in [5.74, 6) is -0.464. The summed E-state index contributed by atoms with van der Waals surface area (Å²) in [4.78, 5) is 32.7. The van der Waals surface area contributed by atoms with Gasteiger partial charge in [-0.1, -0.05) is 54.1 Å². The molecule has 0 fully saturated rings.